The maximum Gasteiger partial charge on any atom is 0.0528 e. The Morgan fingerprint density at radius 1 is 1.08 bits per heavy atom. The van der Waals surface area contributed by atoms with Gasteiger partial charge in [-0.15, -0.1) is 0 Å². The molecule has 0 saturated carbocycles. The molecule has 0 unspecified atom stereocenters. The van der Waals surface area contributed by atoms with E-state index in [0.29, 0.717) is 5.92 Å². The van der Waals surface area contributed by atoms with Crippen LogP contribution in [0.1, 0.15) is 18.4 Å². The van der Waals surface area contributed by atoms with Gasteiger partial charge in [-0.25, -0.2) is 0 Å². The smallest absolute Gasteiger partial charge is 0.0528 e. The minimum absolute atomic E-state index is 0.366. The summed E-state index contributed by atoms with van der Waals surface area (Å²) in [6.07, 6.45) is 5.61. The molecule has 0 amide bonds. The van der Waals surface area contributed by atoms with Crippen LogP contribution in [0, 0.1) is 11.3 Å². The number of hydrogen-bond acceptors (Lipinski definition) is 3. The van der Waals surface area contributed by atoms with Crippen LogP contribution in [-0.4, -0.2) is 23.9 Å². The van der Waals surface area contributed by atoms with E-state index < -0.39 is 0 Å². The molecule has 26 heavy (non-hydrogen) atoms. The Morgan fingerprint density at radius 3 is 2.69 bits per heavy atom. The number of nitrogens with zero attached hydrogens (tertiary/aromatic N) is 1. The lowest BCUT2D eigenvalue weighted by Crippen LogP contribution is -2.29. The van der Waals surface area contributed by atoms with Gasteiger partial charge in [-0.1, -0.05) is 30.3 Å². The van der Waals surface area contributed by atoms with Crippen LogP contribution in [0.2, 0.25) is 0 Å². The Labute approximate surface area is 153 Å². The zero-order chi connectivity index (χ0) is 17.9. The van der Waals surface area contributed by atoms with Crippen molar-refractivity contribution in [1.29, 1.82) is 5.41 Å². The molecule has 1 fully saturated rings. The topological polar surface area (TPSA) is 66.8 Å². The van der Waals surface area contributed by atoms with Gasteiger partial charge in [0.05, 0.1) is 5.52 Å². The molecule has 4 rings (SSSR count). The van der Waals surface area contributed by atoms with Gasteiger partial charge in [0.2, 0.25) is 0 Å². The average Bonchev–Trinajstić information content (AvgIpc) is 3.13. The van der Waals surface area contributed by atoms with Gasteiger partial charge in [0.25, 0.3) is 0 Å². The maximum absolute atomic E-state index is 7.89. The number of fused-ring (bicyclic) bond motifs is 1. The fraction of sp³-hybridized carbons (Fsp3) is 0.227. The molecule has 4 heteroatoms. The highest BCUT2D eigenvalue weighted by atomic mass is 15.0. The highest BCUT2D eigenvalue weighted by molar-refractivity contribution is 5.89. The highest BCUT2D eigenvalue weighted by Crippen LogP contribution is 2.27. The zero-order valence-corrected chi connectivity index (χ0v) is 14.8. The van der Waals surface area contributed by atoms with Crippen LogP contribution >= 0.6 is 0 Å². The number of piperidine rings is 1. The van der Waals surface area contributed by atoms with Crippen LogP contribution in [-0.2, 0) is 0 Å². The van der Waals surface area contributed by atoms with E-state index in [1.54, 1.807) is 0 Å². The summed E-state index contributed by atoms with van der Waals surface area (Å²) in [4.78, 5) is 0. The molecular formula is C22H24N4. The van der Waals surface area contributed by atoms with Crippen LogP contribution in [0.5, 0.6) is 0 Å². The van der Waals surface area contributed by atoms with Crippen LogP contribution in [0.4, 0.5) is 0 Å². The third-order valence-corrected chi connectivity index (χ3v) is 5.28. The third-order valence-electron chi connectivity index (χ3n) is 5.28. The molecule has 0 radical (unpaired) electrons. The SMILES string of the molecule is N=C/C(=C(\N)c1cccc(-n2ccc3ccccc32)c1)C1CCNCC1. The standard InChI is InChI=1S/C22H24N4/c23-15-20(16-8-11-25-12-9-16)22(24)18-5-3-6-19(14-18)26-13-10-17-4-1-2-7-21(17)26/h1-7,10,13-16,23,25H,8-9,11-12,24H2/b22-20+,23-15?. The summed E-state index contributed by atoms with van der Waals surface area (Å²) in [6.45, 7) is 1.98. The van der Waals surface area contributed by atoms with E-state index in [4.69, 9.17) is 11.1 Å². The van der Waals surface area contributed by atoms with Crippen molar-refractivity contribution in [2.45, 2.75) is 12.8 Å². The van der Waals surface area contributed by atoms with Crippen LogP contribution in [0.3, 0.4) is 0 Å². The predicted molar refractivity (Wildman–Crippen MR) is 109 cm³/mol. The van der Waals surface area contributed by atoms with Gasteiger partial charge < -0.3 is 21.0 Å². The van der Waals surface area contributed by atoms with Gasteiger partial charge >= 0.3 is 0 Å². The van der Waals surface area contributed by atoms with Crippen molar-refractivity contribution in [2.75, 3.05) is 13.1 Å². The van der Waals surface area contributed by atoms with Gasteiger partial charge in [0, 0.05) is 23.8 Å². The minimum atomic E-state index is 0.366. The molecule has 1 saturated heterocycles. The van der Waals surface area contributed by atoms with Gasteiger partial charge in [-0.3, -0.25) is 0 Å². The molecule has 1 aliphatic rings. The first-order valence-electron chi connectivity index (χ1n) is 9.15. The Balaban J connectivity index is 1.75. The Hall–Kier alpha value is -2.85. The lowest BCUT2D eigenvalue weighted by molar-refractivity contribution is 0.429. The molecule has 1 aliphatic heterocycles. The van der Waals surface area contributed by atoms with Crippen LogP contribution < -0.4 is 11.1 Å². The quantitative estimate of drug-likeness (QED) is 0.627. The average molecular weight is 344 g/mol. The van der Waals surface area contributed by atoms with E-state index >= 15 is 0 Å². The largest absolute Gasteiger partial charge is 0.398 e. The van der Waals surface area contributed by atoms with Gasteiger partial charge in [-0.2, -0.15) is 0 Å². The number of allylic oxidation sites excluding steroid dienone is 1. The Kier molecular flexibility index (Phi) is 4.59. The van der Waals surface area contributed by atoms with Gasteiger partial charge in [0.1, 0.15) is 0 Å². The maximum atomic E-state index is 7.89. The number of hydrogen-bond donors (Lipinski definition) is 3. The number of nitrogens with one attached hydrogen (secondary N) is 2. The van der Waals surface area contributed by atoms with E-state index in [0.717, 1.165) is 48.5 Å². The third kappa shape index (κ3) is 3.04. The van der Waals surface area contributed by atoms with E-state index in [1.165, 1.54) is 17.1 Å². The van der Waals surface area contributed by atoms with Crippen LogP contribution in [0.15, 0.2) is 66.4 Å². The molecule has 0 spiro atoms. The Bertz CT molecular complexity index is 961. The van der Waals surface area contributed by atoms with Gasteiger partial charge in [0.15, 0.2) is 0 Å². The normalized spacial score (nSPS) is 16.5. The number of nitrogens with two attached hydrogens (primary N) is 1. The highest BCUT2D eigenvalue weighted by Gasteiger charge is 2.19. The molecule has 3 aromatic rings. The second-order valence-electron chi connectivity index (χ2n) is 6.83. The molecule has 2 aromatic carbocycles. The number of rotatable bonds is 4. The molecule has 0 aliphatic carbocycles. The van der Waals surface area contributed by atoms with E-state index in [9.17, 15) is 0 Å². The summed E-state index contributed by atoms with van der Waals surface area (Å²) in [5.41, 5.74) is 11.4. The molecule has 132 valence electrons. The first kappa shape index (κ1) is 16.6. The monoisotopic (exact) mass is 344 g/mol. The molecule has 2 heterocycles. The number of para-hydroxylation sites is 1. The van der Waals surface area contributed by atoms with Crippen molar-refractivity contribution in [2.24, 2.45) is 11.7 Å². The fourth-order valence-electron chi connectivity index (χ4n) is 3.85. The van der Waals surface area contributed by atoms with Crippen molar-refractivity contribution < 1.29 is 0 Å². The minimum Gasteiger partial charge on any atom is -0.398 e. The molecule has 1 aromatic heterocycles. The predicted octanol–water partition coefficient (Wildman–Crippen LogP) is 3.95. The van der Waals surface area contributed by atoms with Gasteiger partial charge in [-0.05, 0) is 72.6 Å². The second kappa shape index (κ2) is 7.18. The lowest BCUT2D eigenvalue weighted by Gasteiger charge is -2.24. The van der Waals surface area contributed by atoms with Crippen molar-refractivity contribution in [3.8, 4) is 5.69 Å². The number of aromatic nitrogens is 1. The summed E-state index contributed by atoms with van der Waals surface area (Å²) in [5, 5.41) is 12.5. The Morgan fingerprint density at radius 2 is 1.88 bits per heavy atom. The first-order chi connectivity index (χ1) is 12.8. The lowest BCUT2D eigenvalue weighted by atomic mass is 9.88. The van der Waals surface area contributed by atoms with Crippen molar-refractivity contribution in [3.05, 3.63) is 71.9 Å². The summed E-state index contributed by atoms with van der Waals surface area (Å²) < 4.78 is 2.18. The summed E-state index contributed by atoms with van der Waals surface area (Å²) in [7, 11) is 0. The van der Waals surface area contributed by atoms with Crippen molar-refractivity contribution in [3.63, 3.8) is 0 Å². The summed E-state index contributed by atoms with van der Waals surface area (Å²) in [6, 6.07) is 18.8. The molecule has 4 N–H and O–H groups in total. The summed E-state index contributed by atoms with van der Waals surface area (Å²) in [5.74, 6) is 0.366. The van der Waals surface area contributed by atoms with Crippen molar-refractivity contribution in [1.82, 2.24) is 9.88 Å². The first-order valence-corrected chi connectivity index (χ1v) is 9.15. The van der Waals surface area contributed by atoms with E-state index in [2.05, 4.69) is 58.5 Å². The van der Waals surface area contributed by atoms with E-state index in [1.807, 2.05) is 12.1 Å². The fourth-order valence-corrected chi connectivity index (χ4v) is 3.85. The van der Waals surface area contributed by atoms with Crippen LogP contribution in [0.25, 0.3) is 22.3 Å². The molecule has 0 atom stereocenters. The zero-order valence-electron chi connectivity index (χ0n) is 14.8. The summed E-state index contributed by atoms with van der Waals surface area (Å²) >= 11 is 0. The second-order valence-corrected chi connectivity index (χ2v) is 6.83. The molecule has 0 bridgehead atoms. The van der Waals surface area contributed by atoms with E-state index in [-0.39, 0.29) is 0 Å². The molecular weight excluding hydrogens is 320 g/mol. The molecule has 4 nitrogen and oxygen atoms in total. The van der Waals surface area contributed by atoms with Crippen molar-refractivity contribution >= 4 is 22.8 Å². The number of benzene rings is 2.